The molecule has 0 aliphatic heterocycles. The third-order valence-electron chi connectivity index (χ3n) is 3.11. The molecule has 3 nitrogen and oxygen atoms in total. The van der Waals surface area contributed by atoms with Crippen molar-refractivity contribution in [3.05, 3.63) is 29.8 Å². The summed E-state index contributed by atoms with van der Waals surface area (Å²) in [7, 11) is 0.252. The van der Waals surface area contributed by atoms with Crippen LogP contribution in [0.15, 0.2) is 29.2 Å². The van der Waals surface area contributed by atoms with Crippen LogP contribution in [0.2, 0.25) is 0 Å². The lowest BCUT2D eigenvalue weighted by molar-refractivity contribution is 0.0596. The van der Waals surface area contributed by atoms with Gasteiger partial charge in [0.15, 0.2) is 0 Å². The van der Waals surface area contributed by atoms with Crippen LogP contribution in [0.4, 0.5) is 0 Å². The zero-order valence-electron chi connectivity index (χ0n) is 9.85. The van der Waals surface area contributed by atoms with Crippen LogP contribution >= 0.6 is 0 Å². The van der Waals surface area contributed by atoms with Crippen LogP contribution in [0.1, 0.15) is 36.0 Å². The highest BCUT2D eigenvalue weighted by Crippen LogP contribution is 2.28. The quantitative estimate of drug-likeness (QED) is 0.776. The van der Waals surface area contributed by atoms with Gasteiger partial charge < -0.3 is 4.74 Å². The van der Waals surface area contributed by atoms with Gasteiger partial charge in [0, 0.05) is 5.25 Å². The van der Waals surface area contributed by atoms with E-state index in [1.54, 1.807) is 18.2 Å². The molecule has 0 N–H and O–H groups in total. The van der Waals surface area contributed by atoms with Gasteiger partial charge in [-0.1, -0.05) is 25.0 Å². The number of hydrogen-bond donors (Lipinski definition) is 0. The molecule has 1 aromatic carbocycles. The van der Waals surface area contributed by atoms with Crippen molar-refractivity contribution >= 4 is 16.8 Å². The third kappa shape index (κ3) is 2.57. The van der Waals surface area contributed by atoms with E-state index in [9.17, 15) is 9.00 Å². The first-order valence-electron chi connectivity index (χ1n) is 5.82. The van der Waals surface area contributed by atoms with Crippen LogP contribution < -0.4 is 0 Å². The molecule has 0 radical (unpaired) electrons. The Morgan fingerprint density at radius 3 is 2.59 bits per heavy atom. The minimum Gasteiger partial charge on any atom is -0.465 e. The van der Waals surface area contributed by atoms with Gasteiger partial charge in [0.25, 0.3) is 0 Å². The third-order valence-corrected chi connectivity index (χ3v) is 4.98. The smallest absolute Gasteiger partial charge is 0.339 e. The number of methoxy groups -OCH3 is 1. The van der Waals surface area contributed by atoms with E-state index < -0.39 is 16.8 Å². The molecule has 4 heteroatoms. The summed E-state index contributed by atoms with van der Waals surface area (Å²) in [5.74, 6) is -0.410. The van der Waals surface area contributed by atoms with Crippen molar-refractivity contribution in [3.63, 3.8) is 0 Å². The minimum absolute atomic E-state index is 0.195. The Bertz CT molecular complexity index is 436. The predicted octanol–water partition coefficient (Wildman–Crippen LogP) is 2.52. The zero-order valence-corrected chi connectivity index (χ0v) is 10.7. The standard InChI is InChI=1S/C13H16O3S/c1-16-13(14)11-8-4-5-9-12(11)17(15)10-6-2-3-7-10/h4-5,8-10H,2-3,6-7H2,1H3. The van der Waals surface area contributed by atoms with E-state index in [-0.39, 0.29) is 5.25 Å². The lowest BCUT2D eigenvalue weighted by Gasteiger charge is -2.12. The van der Waals surface area contributed by atoms with Crippen molar-refractivity contribution in [1.82, 2.24) is 0 Å². The Balaban J connectivity index is 2.30. The molecule has 1 aliphatic carbocycles. The van der Waals surface area contributed by atoms with Crippen molar-refractivity contribution in [3.8, 4) is 0 Å². The minimum atomic E-state index is -1.09. The summed E-state index contributed by atoms with van der Waals surface area (Å²) in [6, 6.07) is 7.02. The van der Waals surface area contributed by atoms with E-state index in [0.717, 1.165) is 25.7 Å². The summed E-state index contributed by atoms with van der Waals surface area (Å²) in [5.41, 5.74) is 0.431. The molecular weight excluding hydrogens is 236 g/mol. The monoisotopic (exact) mass is 252 g/mol. The fourth-order valence-corrected chi connectivity index (χ4v) is 3.90. The highest BCUT2D eigenvalue weighted by Gasteiger charge is 2.25. The van der Waals surface area contributed by atoms with Gasteiger partial charge in [-0.05, 0) is 25.0 Å². The van der Waals surface area contributed by atoms with Gasteiger partial charge in [-0.15, -0.1) is 0 Å². The van der Waals surface area contributed by atoms with E-state index in [1.807, 2.05) is 6.07 Å². The van der Waals surface area contributed by atoms with E-state index in [4.69, 9.17) is 4.74 Å². The second-order valence-electron chi connectivity index (χ2n) is 4.19. The normalized spacial score (nSPS) is 17.9. The van der Waals surface area contributed by atoms with E-state index >= 15 is 0 Å². The van der Waals surface area contributed by atoms with Gasteiger partial charge in [-0.3, -0.25) is 4.21 Å². The zero-order chi connectivity index (χ0) is 12.3. The lowest BCUT2D eigenvalue weighted by atomic mass is 10.2. The van der Waals surface area contributed by atoms with Gasteiger partial charge in [0.2, 0.25) is 0 Å². The van der Waals surface area contributed by atoms with Crippen molar-refractivity contribution in [2.24, 2.45) is 0 Å². The molecule has 0 amide bonds. The maximum atomic E-state index is 12.4. The van der Waals surface area contributed by atoms with Gasteiger partial charge in [-0.2, -0.15) is 0 Å². The van der Waals surface area contributed by atoms with Crippen LogP contribution in [0.5, 0.6) is 0 Å². The van der Waals surface area contributed by atoms with Crippen molar-refractivity contribution in [2.75, 3.05) is 7.11 Å². The molecule has 1 aliphatic rings. The molecule has 0 aromatic heterocycles. The predicted molar refractivity (Wildman–Crippen MR) is 66.4 cm³/mol. The molecule has 17 heavy (non-hydrogen) atoms. The summed E-state index contributed by atoms with van der Waals surface area (Å²) in [6.45, 7) is 0. The molecule has 1 aromatic rings. The number of benzene rings is 1. The number of carbonyl (C=O) groups excluding carboxylic acids is 1. The van der Waals surface area contributed by atoms with Crippen molar-refractivity contribution in [2.45, 2.75) is 35.8 Å². The average Bonchev–Trinajstić information content (AvgIpc) is 2.91. The second-order valence-corrected chi connectivity index (χ2v) is 5.89. The molecular formula is C13H16O3S. The maximum absolute atomic E-state index is 12.4. The molecule has 92 valence electrons. The molecule has 2 rings (SSSR count). The first-order chi connectivity index (χ1) is 8.24. The summed E-state index contributed by atoms with van der Waals surface area (Å²) in [5, 5.41) is 0.195. The highest BCUT2D eigenvalue weighted by atomic mass is 32.2. The second kappa shape index (κ2) is 5.45. The Morgan fingerprint density at radius 1 is 1.29 bits per heavy atom. The van der Waals surface area contributed by atoms with Crippen LogP contribution in [0.25, 0.3) is 0 Å². The van der Waals surface area contributed by atoms with Crippen molar-refractivity contribution in [1.29, 1.82) is 0 Å². The Morgan fingerprint density at radius 2 is 1.94 bits per heavy atom. The van der Waals surface area contributed by atoms with Crippen LogP contribution in [-0.4, -0.2) is 22.5 Å². The molecule has 0 heterocycles. The maximum Gasteiger partial charge on any atom is 0.339 e. The highest BCUT2D eigenvalue weighted by molar-refractivity contribution is 7.85. The van der Waals surface area contributed by atoms with Gasteiger partial charge in [0.1, 0.15) is 0 Å². The molecule has 1 fully saturated rings. The topological polar surface area (TPSA) is 43.4 Å². The molecule has 1 atom stereocenters. The summed E-state index contributed by atoms with van der Waals surface area (Å²) >= 11 is 0. The number of rotatable bonds is 3. The summed E-state index contributed by atoms with van der Waals surface area (Å²) in [6.07, 6.45) is 4.25. The Kier molecular flexibility index (Phi) is 3.94. The fourth-order valence-electron chi connectivity index (χ4n) is 2.20. The summed E-state index contributed by atoms with van der Waals surface area (Å²) in [4.78, 5) is 12.2. The Labute approximate surface area is 104 Å². The van der Waals surface area contributed by atoms with E-state index in [2.05, 4.69) is 0 Å². The fraction of sp³-hybridized carbons (Fsp3) is 0.462. The molecule has 0 saturated heterocycles. The van der Waals surface area contributed by atoms with Crippen molar-refractivity contribution < 1.29 is 13.7 Å². The first kappa shape index (κ1) is 12.3. The average molecular weight is 252 g/mol. The number of ether oxygens (including phenoxy) is 1. The van der Waals surface area contributed by atoms with E-state index in [0.29, 0.717) is 10.5 Å². The SMILES string of the molecule is COC(=O)c1ccccc1S(=O)C1CCCC1. The van der Waals surface area contributed by atoms with Crippen LogP contribution in [-0.2, 0) is 15.5 Å². The van der Waals surface area contributed by atoms with E-state index in [1.165, 1.54) is 7.11 Å². The van der Waals surface area contributed by atoms with Gasteiger partial charge in [0.05, 0.1) is 28.4 Å². The van der Waals surface area contributed by atoms with Gasteiger partial charge >= 0.3 is 5.97 Å². The van der Waals surface area contributed by atoms with Crippen LogP contribution in [0, 0.1) is 0 Å². The number of esters is 1. The number of carbonyl (C=O) groups is 1. The molecule has 0 bridgehead atoms. The molecule has 1 unspecified atom stereocenters. The first-order valence-corrected chi connectivity index (χ1v) is 7.03. The van der Waals surface area contributed by atoms with Gasteiger partial charge in [-0.25, -0.2) is 4.79 Å². The summed E-state index contributed by atoms with van der Waals surface area (Å²) < 4.78 is 17.1. The molecule has 1 saturated carbocycles. The molecule has 0 spiro atoms. The largest absolute Gasteiger partial charge is 0.465 e. The van der Waals surface area contributed by atoms with Crippen LogP contribution in [0.3, 0.4) is 0 Å². The number of hydrogen-bond acceptors (Lipinski definition) is 3. The Hall–Kier alpha value is -1.16. The lowest BCUT2D eigenvalue weighted by Crippen LogP contribution is -2.14.